The van der Waals surface area contributed by atoms with E-state index in [1.54, 1.807) is 6.08 Å². The molecule has 0 radical (unpaired) electrons. The van der Waals surface area contributed by atoms with Crippen LogP contribution in [0.2, 0.25) is 0 Å². The van der Waals surface area contributed by atoms with Crippen molar-refractivity contribution in [3.05, 3.63) is 12.2 Å². The predicted molar refractivity (Wildman–Crippen MR) is 202 cm³/mol. The molecule has 4 nitrogen and oxygen atoms in total. The molecule has 46 heavy (non-hydrogen) atoms. The second-order valence-corrected chi connectivity index (χ2v) is 14.7. The van der Waals surface area contributed by atoms with Gasteiger partial charge in [-0.25, -0.2) is 0 Å². The van der Waals surface area contributed by atoms with Crippen molar-refractivity contribution in [1.29, 1.82) is 0 Å². The van der Waals surface area contributed by atoms with Gasteiger partial charge in [-0.15, -0.1) is 0 Å². The molecule has 0 aromatic heterocycles. The highest BCUT2D eigenvalue weighted by Crippen LogP contribution is 2.17. The Hall–Kier alpha value is -0.870. The van der Waals surface area contributed by atoms with Crippen molar-refractivity contribution in [2.45, 2.75) is 238 Å². The van der Waals surface area contributed by atoms with Crippen LogP contribution in [0.3, 0.4) is 0 Å². The number of unbranched alkanes of at least 4 members (excludes halogenated alkanes) is 27. The second kappa shape index (κ2) is 37.0. The molecule has 274 valence electrons. The number of allylic oxidation sites excluding steroid dienone is 1. The van der Waals surface area contributed by atoms with Crippen LogP contribution in [-0.2, 0) is 4.79 Å². The molecule has 0 aliphatic rings. The lowest BCUT2D eigenvalue weighted by Crippen LogP contribution is -2.45. The Bertz CT molecular complexity index is 636. The second-order valence-electron chi connectivity index (χ2n) is 14.7. The first-order valence-corrected chi connectivity index (χ1v) is 20.8. The van der Waals surface area contributed by atoms with Crippen molar-refractivity contribution >= 4 is 5.91 Å². The SMILES string of the molecule is CCCCCCCCCCCCCCCCCCCCCCCCC(=O)NC(CO)C(O)C=CCCCCCCCCC(C)CC. The van der Waals surface area contributed by atoms with Gasteiger partial charge in [0.05, 0.1) is 18.8 Å². The summed E-state index contributed by atoms with van der Waals surface area (Å²) < 4.78 is 0. The van der Waals surface area contributed by atoms with Crippen LogP contribution in [0.5, 0.6) is 0 Å². The van der Waals surface area contributed by atoms with Gasteiger partial charge in [-0.1, -0.05) is 213 Å². The van der Waals surface area contributed by atoms with Crippen LogP contribution in [0.15, 0.2) is 12.2 Å². The molecular formula is C42H83NO3. The number of rotatable bonds is 37. The third-order valence-electron chi connectivity index (χ3n) is 10.1. The van der Waals surface area contributed by atoms with Gasteiger partial charge in [0, 0.05) is 6.42 Å². The lowest BCUT2D eigenvalue weighted by molar-refractivity contribution is -0.123. The van der Waals surface area contributed by atoms with Gasteiger partial charge in [-0.2, -0.15) is 0 Å². The summed E-state index contributed by atoms with van der Waals surface area (Å²) in [5.41, 5.74) is 0. The molecule has 0 heterocycles. The van der Waals surface area contributed by atoms with Crippen LogP contribution in [0.1, 0.15) is 226 Å². The standard InChI is InChI=1S/C42H83NO3/c1-4-6-7-8-9-10-11-12-13-14-15-16-17-18-19-20-21-22-23-28-31-34-37-42(46)43-40(38-44)41(45)36-33-30-27-25-24-26-29-32-35-39(3)5-2/h33,36,39-41,44-45H,4-32,34-35,37-38H2,1-3H3,(H,43,46). The number of nitrogens with one attached hydrogen (secondary N) is 1. The molecule has 0 saturated carbocycles. The molecule has 4 heteroatoms. The average molecular weight is 650 g/mol. The summed E-state index contributed by atoms with van der Waals surface area (Å²) in [7, 11) is 0. The largest absolute Gasteiger partial charge is 0.394 e. The summed E-state index contributed by atoms with van der Waals surface area (Å²) in [6.07, 6.45) is 44.5. The van der Waals surface area contributed by atoms with E-state index in [2.05, 4.69) is 26.1 Å². The van der Waals surface area contributed by atoms with Crippen molar-refractivity contribution in [3.8, 4) is 0 Å². The van der Waals surface area contributed by atoms with Crippen molar-refractivity contribution < 1.29 is 15.0 Å². The number of amides is 1. The van der Waals surface area contributed by atoms with Crippen molar-refractivity contribution in [2.24, 2.45) is 5.92 Å². The van der Waals surface area contributed by atoms with E-state index in [9.17, 15) is 15.0 Å². The third kappa shape index (κ3) is 33.0. The summed E-state index contributed by atoms with van der Waals surface area (Å²) in [5.74, 6) is 0.801. The highest BCUT2D eigenvalue weighted by molar-refractivity contribution is 5.76. The number of aliphatic hydroxyl groups excluding tert-OH is 2. The van der Waals surface area contributed by atoms with Crippen LogP contribution in [0.25, 0.3) is 0 Å². The molecule has 0 spiro atoms. The highest BCUT2D eigenvalue weighted by Gasteiger charge is 2.17. The topological polar surface area (TPSA) is 69.6 Å². The minimum absolute atomic E-state index is 0.0620. The molecule has 0 rings (SSSR count). The zero-order valence-corrected chi connectivity index (χ0v) is 31.5. The number of hydrogen-bond donors (Lipinski definition) is 3. The van der Waals surface area contributed by atoms with Crippen LogP contribution in [0.4, 0.5) is 0 Å². The van der Waals surface area contributed by atoms with E-state index in [4.69, 9.17) is 0 Å². The summed E-state index contributed by atoms with van der Waals surface area (Å²) in [4.78, 5) is 12.3. The summed E-state index contributed by atoms with van der Waals surface area (Å²) in [6, 6.07) is -0.617. The molecule has 0 aromatic carbocycles. The minimum atomic E-state index is -0.834. The van der Waals surface area contributed by atoms with Gasteiger partial charge >= 0.3 is 0 Å². The van der Waals surface area contributed by atoms with Gasteiger partial charge in [0.25, 0.3) is 0 Å². The highest BCUT2D eigenvalue weighted by atomic mass is 16.3. The molecule has 0 aromatic rings. The van der Waals surface area contributed by atoms with Crippen molar-refractivity contribution in [1.82, 2.24) is 5.32 Å². The van der Waals surface area contributed by atoms with Gasteiger partial charge < -0.3 is 15.5 Å². The molecule has 0 aliphatic heterocycles. The fraction of sp³-hybridized carbons (Fsp3) is 0.929. The maximum atomic E-state index is 12.3. The molecule has 3 atom stereocenters. The van der Waals surface area contributed by atoms with E-state index in [-0.39, 0.29) is 12.5 Å². The monoisotopic (exact) mass is 650 g/mol. The average Bonchev–Trinajstić information content (AvgIpc) is 3.06. The molecule has 0 fully saturated rings. The molecule has 0 bridgehead atoms. The van der Waals surface area contributed by atoms with Crippen LogP contribution in [0, 0.1) is 5.92 Å². The normalized spacial score (nSPS) is 13.8. The van der Waals surface area contributed by atoms with Gasteiger partial charge in [0.1, 0.15) is 0 Å². The Labute approximate surface area is 288 Å². The lowest BCUT2D eigenvalue weighted by Gasteiger charge is -2.20. The fourth-order valence-electron chi connectivity index (χ4n) is 6.45. The minimum Gasteiger partial charge on any atom is -0.394 e. The quantitative estimate of drug-likeness (QED) is 0.0463. The summed E-state index contributed by atoms with van der Waals surface area (Å²) >= 11 is 0. The van der Waals surface area contributed by atoms with Crippen molar-refractivity contribution in [3.63, 3.8) is 0 Å². The van der Waals surface area contributed by atoms with E-state index in [1.165, 1.54) is 173 Å². The smallest absolute Gasteiger partial charge is 0.220 e. The zero-order valence-electron chi connectivity index (χ0n) is 31.5. The zero-order chi connectivity index (χ0) is 33.8. The van der Waals surface area contributed by atoms with Crippen LogP contribution >= 0.6 is 0 Å². The van der Waals surface area contributed by atoms with Gasteiger partial charge in [-0.3, -0.25) is 4.79 Å². The number of carbonyl (C=O) groups is 1. The van der Waals surface area contributed by atoms with Gasteiger partial charge in [0.15, 0.2) is 0 Å². The Morgan fingerprint density at radius 3 is 1.39 bits per heavy atom. The van der Waals surface area contributed by atoms with Crippen LogP contribution < -0.4 is 5.32 Å². The van der Waals surface area contributed by atoms with E-state index < -0.39 is 12.1 Å². The maximum Gasteiger partial charge on any atom is 0.220 e. The summed E-state index contributed by atoms with van der Waals surface area (Å²) in [5, 5.41) is 22.9. The Morgan fingerprint density at radius 2 is 0.978 bits per heavy atom. The van der Waals surface area contributed by atoms with E-state index >= 15 is 0 Å². The number of carbonyl (C=O) groups excluding carboxylic acids is 1. The van der Waals surface area contributed by atoms with E-state index in [0.717, 1.165) is 31.6 Å². The maximum absolute atomic E-state index is 12.3. The fourth-order valence-corrected chi connectivity index (χ4v) is 6.45. The molecular weight excluding hydrogens is 566 g/mol. The Kier molecular flexibility index (Phi) is 36.3. The number of hydrogen-bond acceptors (Lipinski definition) is 3. The molecule has 3 unspecified atom stereocenters. The first-order valence-electron chi connectivity index (χ1n) is 20.8. The Balaban J connectivity index is 3.51. The molecule has 3 N–H and O–H groups in total. The first-order chi connectivity index (χ1) is 22.5. The van der Waals surface area contributed by atoms with Gasteiger partial charge in [0.2, 0.25) is 5.91 Å². The predicted octanol–water partition coefficient (Wildman–Crippen LogP) is 12.5. The lowest BCUT2D eigenvalue weighted by atomic mass is 10.00. The van der Waals surface area contributed by atoms with E-state index in [0.29, 0.717) is 6.42 Å². The first kappa shape index (κ1) is 45.1. The van der Waals surface area contributed by atoms with Crippen molar-refractivity contribution in [2.75, 3.05) is 6.61 Å². The van der Waals surface area contributed by atoms with Gasteiger partial charge in [-0.05, 0) is 25.2 Å². The molecule has 1 amide bonds. The number of aliphatic hydroxyl groups is 2. The van der Waals surface area contributed by atoms with E-state index in [1.807, 2.05) is 6.08 Å². The molecule has 0 saturated heterocycles. The van der Waals surface area contributed by atoms with Crippen LogP contribution in [-0.4, -0.2) is 34.9 Å². The Morgan fingerprint density at radius 1 is 0.587 bits per heavy atom. The third-order valence-corrected chi connectivity index (χ3v) is 10.1. The summed E-state index contributed by atoms with van der Waals surface area (Å²) in [6.45, 7) is 6.67. The molecule has 0 aliphatic carbocycles.